The van der Waals surface area contributed by atoms with Crippen LogP contribution in [-0.4, -0.2) is 19.3 Å². The summed E-state index contributed by atoms with van der Waals surface area (Å²) in [7, 11) is 0. The van der Waals surface area contributed by atoms with E-state index in [0.717, 1.165) is 42.3 Å². The van der Waals surface area contributed by atoms with Crippen molar-refractivity contribution in [2.24, 2.45) is 0 Å². The van der Waals surface area contributed by atoms with Crippen LogP contribution >= 0.6 is 0 Å². The van der Waals surface area contributed by atoms with E-state index in [9.17, 15) is 0 Å². The SMILES string of the molecule is CCCn1cc(-c2nc(CC)n(C(C)C)c2N)cn1. The number of aromatic nitrogens is 4. The molecule has 0 saturated carbocycles. The summed E-state index contributed by atoms with van der Waals surface area (Å²) in [5, 5.41) is 4.34. The van der Waals surface area contributed by atoms with E-state index >= 15 is 0 Å². The Bertz CT molecular complexity index is 550. The highest BCUT2D eigenvalue weighted by atomic mass is 15.3. The van der Waals surface area contributed by atoms with Crippen molar-refractivity contribution in [1.29, 1.82) is 0 Å². The standard InChI is InChI=1S/C14H23N5/c1-5-7-18-9-11(8-16-18)13-14(15)19(10(3)4)12(6-2)17-13/h8-10H,5-7,15H2,1-4H3. The number of nitrogens with zero attached hydrogens (tertiary/aromatic N) is 4. The zero-order valence-electron chi connectivity index (χ0n) is 12.2. The molecule has 5 nitrogen and oxygen atoms in total. The van der Waals surface area contributed by atoms with Crippen molar-refractivity contribution in [2.75, 3.05) is 5.73 Å². The highest BCUT2D eigenvalue weighted by Crippen LogP contribution is 2.29. The third-order valence-electron chi connectivity index (χ3n) is 3.21. The number of imidazole rings is 1. The van der Waals surface area contributed by atoms with Gasteiger partial charge in [-0.1, -0.05) is 13.8 Å². The first-order valence-electron chi connectivity index (χ1n) is 6.97. The molecule has 0 amide bonds. The molecule has 0 spiro atoms. The summed E-state index contributed by atoms with van der Waals surface area (Å²) in [4.78, 5) is 4.68. The Balaban J connectivity index is 2.44. The van der Waals surface area contributed by atoms with Crippen LogP contribution < -0.4 is 5.73 Å². The number of nitrogens with two attached hydrogens (primary N) is 1. The van der Waals surface area contributed by atoms with Gasteiger partial charge >= 0.3 is 0 Å². The molecule has 2 aromatic rings. The van der Waals surface area contributed by atoms with Gasteiger partial charge < -0.3 is 10.3 Å². The third-order valence-corrected chi connectivity index (χ3v) is 3.21. The molecule has 0 aliphatic rings. The number of aryl methyl sites for hydroxylation is 2. The molecule has 2 rings (SSSR count). The van der Waals surface area contributed by atoms with Gasteiger partial charge in [0.15, 0.2) is 0 Å². The molecule has 2 heterocycles. The molecule has 0 unspecified atom stereocenters. The Morgan fingerprint density at radius 1 is 1.32 bits per heavy atom. The average molecular weight is 261 g/mol. The molecule has 104 valence electrons. The van der Waals surface area contributed by atoms with Crippen LogP contribution in [0, 0.1) is 0 Å². The van der Waals surface area contributed by atoms with E-state index in [2.05, 4.69) is 42.3 Å². The van der Waals surface area contributed by atoms with Crippen LogP contribution in [-0.2, 0) is 13.0 Å². The molecule has 2 aromatic heterocycles. The smallest absolute Gasteiger partial charge is 0.132 e. The molecule has 19 heavy (non-hydrogen) atoms. The van der Waals surface area contributed by atoms with Crippen LogP contribution in [0.1, 0.15) is 46.0 Å². The molecule has 0 aromatic carbocycles. The normalized spacial score (nSPS) is 11.4. The fourth-order valence-electron chi connectivity index (χ4n) is 2.37. The predicted octanol–water partition coefficient (Wildman–Crippen LogP) is 2.88. The number of hydrogen-bond donors (Lipinski definition) is 1. The van der Waals surface area contributed by atoms with Crippen LogP contribution in [0.25, 0.3) is 11.3 Å². The number of anilines is 1. The van der Waals surface area contributed by atoms with Crippen LogP contribution in [0.4, 0.5) is 5.82 Å². The fraction of sp³-hybridized carbons (Fsp3) is 0.571. The lowest BCUT2D eigenvalue weighted by Crippen LogP contribution is -2.08. The van der Waals surface area contributed by atoms with Crippen molar-refractivity contribution in [3.05, 3.63) is 18.2 Å². The molecule has 0 radical (unpaired) electrons. The summed E-state index contributed by atoms with van der Waals surface area (Å²) in [6, 6.07) is 0.321. The second kappa shape index (κ2) is 5.47. The molecule has 0 saturated heterocycles. The summed E-state index contributed by atoms with van der Waals surface area (Å²) in [5.41, 5.74) is 8.11. The predicted molar refractivity (Wildman–Crippen MR) is 77.9 cm³/mol. The van der Waals surface area contributed by atoms with Gasteiger partial charge in [-0.05, 0) is 20.3 Å². The minimum atomic E-state index is 0.321. The highest BCUT2D eigenvalue weighted by Gasteiger charge is 2.17. The van der Waals surface area contributed by atoms with E-state index in [1.54, 1.807) is 0 Å². The zero-order chi connectivity index (χ0) is 14.0. The number of rotatable bonds is 5. The largest absolute Gasteiger partial charge is 0.383 e. The van der Waals surface area contributed by atoms with Gasteiger partial charge in [0, 0.05) is 30.8 Å². The van der Waals surface area contributed by atoms with Gasteiger partial charge in [-0.25, -0.2) is 4.98 Å². The molecule has 0 aliphatic carbocycles. The second-order valence-electron chi connectivity index (χ2n) is 5.07. The third kappa shape index (κ3) is 2.50. The second-order valence-corrected chi connectivity index (χ2v) is 5.07. The molecule has 0 bridgehead atoms. The Morgan fingerprint density at radius 2 is 2.05 bits per heavy atom. The molecular weight excluding hydrogens is 238 g/mol. The highest BCUT2D eigenvalue weighted by molar-refractivity contribution is 5.70. The lowest BCUT2D eigenvalue weighted by Gasteiger charge is -2.12. The zero-order valence-corrected chi connectivity index (χ0v) is 12.2. The van der Waals surface area contributed by atoms with Gasteiger partial charge in [0.05, 0.1) is 6.20 Å². The molecular formula is C14H23N5. The molecule has 0 aliphatic heterocycles. The summed E-state index contributed by atoms with van der Waals surface area (Å²) >= 11 is 0. The van der Waals surface area contributed by atoms with E-state index in [0.29, 0.717) is 6.04 Å². The first kappa shape index (κ1) is 13.6. The molecule has 2 N–H and O–H groups in total. The van der Waals surface area contributed by atoms with E-state index in [4.69, 9.17) is 5.73 Å². The topological polar surface area (TPSA) is 61.7 Å². The monoisotopic (exact) mass is 261 g/mol. The minimum Gasteiger partial charge on any atom is -0.383 e. The quantitative estimate of drug-likeness (QED) is 0.900. The maximum absolute atomic E-state index is 6.26. The maximum Gasteiger partial charge on any atom is 0.132 e. The summed E-state index contributed by atoms with van der Waals surface area (Å²) in [6.07, 6.45) is 5.81. The van der Waals surface area contributed by atoms with Crippen LogP contribution in [0.15, 0.2) is 12.4 Å². The fourth-order valence-corrected chi connectivity index (χ4v) is 2.37. The van der Waals surface area contributed by atoms with Gasteiger partial charge in [0.25, 0.3) is 0 Å². The van der Waals surface area contributed by atoms with Gasteiger partial charge in [-0.15, -0.1) is 0 Å². The van der Waals surface area contributed by atoms with E-state index in [1.165, 1.54) is 0 Å². The van der Waals surface area contributed by atoms with Crippen molar-refractivity contribution in [3.63, 3.8) is 0 Å². The van der Waals surface area contributed by atoms with Gasteiger partial charge in [-0.3, -0.25) is 4.68 Å². The summed E-state index contributed by atoms with van der Waals surface area (Å²) in [6.45, 7) is 9.41. The average Bonchev–Trinajstić information content (AvgIpc) is 2.93. The van der Waals surface area contributed by atoms with Gasteiger partial charge in [0.2, 0.25) is 0 Å². The minimum absolute atomic E-state index is 0.321. The van der Waals surface area contributed by atoms with Crippen LogP contribution in [0.3, 0.4) is 0 Å². The van der Waals surface area contributed by atoms with E-state index < -0.39 is 0 Å². The lowest BCUT2D eigenvalue weighted by molar-refractivity contribution is 0.579. The summed E-state index contributed by atoms with van der Waals surface area (Å²) < 4.78 is 4.04. The Hall–Kier alpha value is -1.78. The van der Waals surface area contributed by atoms with Gasteiger partial charge in [0.1, 0.15) is 17.3 Å². The van der Waals surface area contributed by atoms with E-state index in [-0.39, 0.29) is 0 Å². The Labute approximate surface area is 114 Å². The first-order chi connectivity index (χ1) is 9.08. The van der Waals surface area contributed by atoms with Crippen molar-refractivity contribution in [3.8, 4) is 11.3 Å². The van der Waals surface area contributed by atoms with Crippen molar-refractivity contribution < 1.29 is 0 Å². The Morgan fingerprint density at radius 3 is 2.58 bits per heavy atom. The molecule has 0 atom stereocenters. The number of nitrogen functional groups attached to an aromatic ring is 1. The van der Waals surface area contributed by atoms with Gasteiger partial charge in [-0.2, -0.15) is 5.10 Å². The van der Waals surface area contributed by atoms with Crippen molar-refractivity contribution in [1.82, 2.24) is 19.3 Å². The number of hydrogen-bond acceptors (Lipinski definition) is 3. The summed E-state index contributed by atoms with van der Waals surface area (Å²) in [5.74, 6) is 1.77. The van der Waals surface area contributed by atoms with Crippen LogP contribution in [0.5, 0.6) is 0 Å². The lowest BCUT2D eigenvalue weighted by atomic mass is 10.2. The van der Waals surface area contributed by atoms with Crippen LogP contribution in [0.2, 0.25) is 0 Å². The van der Waals surface area contributed by atoms with Crippen molar-refractivity contribution in [2.45, 2.75) is 53.1 Å². The maximum atomic E-state index is 6.26. The van der Waals surface area contributed by atoms with E-state index in [1.807, 2.05) is 17.1 Å². The molecule has 5 heteroatoms. The van der Waals surface area contributed by atoms with Crippen molar-refractivity contribution >= 4 is 5.82 Å². The Kier molecular flexibility index (Phi) is 3.93. The molecule has 0 fully saturated rings. The first-order valence-corrected chi connectivity index (χ1v) is 6.97.